The highest BCUT2D eigenvalue weighted by Gasteiger charge is 2.12. The molecule has 2 heterocycles. The Labute approximate surface area is 247 Å². The predicted molar refractivity (Wildman–Crippen MR) is 162 cm³/mol. The van der Waals surface area contributed by atoms with Crippen LogP contribution in [0.15, 0.2) is 78.9 Å². The van der Waals surface area contributed by atoms with Gasteiger partial charge in [0.1, 0.15) is 5.75 Å². The van der Waals surface area contributed by atoms with Gasteiger partial charge in [-0.1, -0.05) is 66.7 Å². The lowest BCUT2D eigenvalue weighted by atomic mass is 10.1. The van der Waals surface area contributed by atoms with E-state index >= 15 is 0 Å². The Morgan fingerprint density at radius 3 is 2.33 bits per heavy atom. The summed E-state index contributed by atoms with van der Waals surface area (Å²) in [5, 5.41) is 20.9. The normalized spacial score (nSPS) is 13.5. The van der Waals surface area contributed by atoms with Gasteiger partial charge in [0.25, 0.3) is 0 Å². The van der Waals surface area contributed by atoms with Crippen LogP contribution in [-0.4, -0.2) is 73.9 Å². The monoisotopic (exact) mass is 568 g/mol. The van der Waals surface area contributed by atoms with E-state index in [1.807, 2.05) is 12.1 Å². The number of carboxylic acids is 1. The van der Waals surface area contributed by atoms with Gasteiger partial charge in [-0.25, -0.2) is 0 Å². The molecule has 0 saturated carbocycles. The smallest absolute Gasteiger partial charge is 0.327 e. The summed E-state index contributed by atoms with van der Waals surface area (Å²) >= 11 is 0. The molecule has 9 nitrogen and oxygen atoms in total. The first-order valence-corrected chi connectivity index (χ1v) is 14.9. The molecule has 1 aromatic heterocycles. The van der Waals surface area contributed by atoms with E-state index in [0.717, 1.165) is 61.6 Å². The third-order valence-corrected chi connectivity index (χ3v) is 7.57. The largest absolute Gasteiger partial charge is 0.494 e. The third kappa shape index (κ3) is 9.22. The molecule has 0 unspecified atom stereocenters. The lowest BCUT2D eigenvalue weighted by Gasteiger charge is -2.23. The number of benzene rings is 3. The van der Waals surface area contributed by atoms with Crippen LogP contribution >= 0.6 is 0 Å². The highest BCUT2D eigenvalue weighted by atomic mass is 16.5. The second-order valence-corrected chi connectivity index (χ2v) is 10.9. The van der Waals surface area contributed by atoms with Crippen LogP contribution in [0.4, 0.5) is 0 Å². The number of rotatable bonds is 16. The van der Waals surface area contributed by atoms with Crippen molar-refractivity contribution in [3.8, 4) is 17.1 Å². The maximum Gasteiger partial charge on any atom is 0.327 e. The maximum absolute atomic E-state index is 10.9. The molecule has 220 valence electrons. The van der Waals surface area contributed by atoms with Crippen molar-refractivity contribution in [1.82, 2.24) is 30.0 Å². The Kier molecular flexibility index (Phi) is 10.7. The van der Waals surface area contributed by atoms with Crippen molar-refractivity contribution in [3.63, 3.8) is 0 Å². The standard InChI is InChI=1S/C33H40N6O3/c40-32(41)26-39-35-33(34-36-39)30-14-10-28(11-15-30)25-38(22-18-27-8-2-1-3-9-27)21-6-7-23-42-31-16-12-29(13-17-31)24-37-19-4-5-20-37/h1-3,8-17H,4-7,18-26H2,(H,40,41). The second-order valence-electron chi connectivity index (χ2n) is 10.9. The fourth-order valence-corrected chi connectivity index (χ4v) is 5.28. The molecule has 3 aromatic carbocycles. The molecule has 9 heteroatoms. The summed E-state index contributed by atoms with van der Waals surface area (Å²) in [7, 11) is 0. The molecule has 0 radical (unpaired) electrons. The van der Waals surface area contributed by atoms with Gasteiger partial charge in [-0.15, -0.1) is 10.2 Å². The second kappa shape index (κ2) is 15.2. The minimum absolute atomic E-state index is 0.308. The number of tetrazole rings is 1. The quantitative estimate of drug-likeness (QED) is 0.190. The van der Waals surface area contributed by atoms with E-state index in [2.05, 4.69) is 91.9 Å². The molecule has 0 spiro atoms. The minimum atomic E-state index is -1.00. The molecular formula is C33H40N6O3. The Hall–Kier alpha value is -4.08. The SMILES string of the molecule is O=C(O)Cn1nnc(-c2ccc(CN(CCCCOc3ccc(CN4CCCC4)cc3)CCc3ccccc3)cc2)n1. The van der Waals surface area contributed by atoms with Crippen molar-refractivity contribution in [2.75, 3.05) is 32.8 Å². The van der Waals surface area contributed by atoms with Crippen LogP contribution in [0, 0.1) is 0 Å². The van der Waals surface area contributed by atoms with Gasteiger partial charge in [0.2, 0.25) is 5.82 Å². The molecular weight excluding hydrogens is 528 g/mol. The maximum atomic E-state index is 10.9. The number of likely N-dealkylation sites (tertiary alicyclic amines) is 1. The van der Waals surface area contributed by atoms with E-state index in [-0.39, 0.29) is 6.54 Å². The first kappa shape index (κ1) is 29.4. The third-order valence-electron chi connectivity index (χ3n) is 7.57. The summed E-state index contributed by atoms with van der Waals surface area (Å²) in [6.07, 6.45) is 5.68. The number of aliphatic carboxylic acids is 1. The molecule has 42 heavy (non-hydrogen) atoms. The Bertz CT molecular complexity index is 1370. The number of carbonyl (C=O) groups is 1. The average molecular weight is 569 g/mol. The molecule has 4 aromatic rings. The minimum Gasteiger partial charge on any atom is -0.494 e. The lowest BCUT2D eigenvalue weighted by Crippen LogP contribution is -2.27. The van der Waals surface area contributed by atoms with Crippen LogP contribution in [0.2, 0.25) is 0 Å². The number of hydrogen-bond acceptors (Lipinski definition) is 7. The molecule has 0 amide bonds. The van der Waals surface area contributed by atoms with E-state index in [1.165, 1.54) is 42.6 Å². The Balaban J connectivity index is 1.10. The van der Waals surface area contributed by atoms with Crippen molar-refractivity contribution in [1.29, 1.82) is 0 Å². The molecule has 0 aliphatic carbocycles. The number of nitrogens with zero attached hydrogens (tertiary/aromatic N) is 6. The van der Waals surface area contributed by atoms with Gasteiger partial charge in [0, 0.05) is 25.2 Å². The zero-order valence-electron chi connectivity index (χ0n) is 24.1. The number of aromatic nitrogens is 4. The summed E-state index contributed by atoms with van der Waals surface area (Å²) < 4.78 is 6.06. The Morgan fingerprint density at radius 1 is 0.857 bits per heavy atom. The van der Waals surface area contributed by atoms with Crippen LogP contribution in [-0.2, 0) is 30.8 Å². The topological polar surface area (TPSA) is 96.6 Å². The van der Waals surface area contributed by atoms with Crippen molar-refractivity contribution in [3.05, 3.63) is 95.6 Å². The van der Waals surface area contributed by atoms with Gasteiger partial charge in [-0.2, -0.15) is 4.80 Å². The molecule has 1 aliphatic heterocycles. The molecule has 1 N–H and O–H groups in total. The van der Waals surface area contributed by atoms with E-state index in [0.29, 0.717) is 12.4 Å². The van der Waals surface area contributed by atoms with Crippen LogP contribution in [0.1, 0.15) is 42.4 Å². The molecule has 1 fully saturated rings. The summed E-state index contributed by atoms with van der Waals surface area (Å²) in [5.74, 6) is 0.363. The van der Waals surface area contributed by atoms with E-state index < -0.39 is 5.97 Å². The average Bonchev–Trinajstić information content (AvgIpc) is 3.69. The molecule has 1 saturated heterocycles. The van der Waals surface area contributed by atoms with Gasteiger partial charge in [-0.3, -0.25) is 14.6 Å². The van der Waals surface area contributed by atoms with Crippen molar-refractivity contribution in [2.45, 2.75) is 51.7 Å². The Morgan fingerprint density at radius 2 is 1.60 bits per heavy atom. The molecule has 1 aliphatic rings. The van der Waals surface area contributed by atoms with Gasteiger partial charge in [0.05, 0.1) is 6.61 Å². The lowest BCUT2D eigenvalue weighted by molar-refractivity contribution is -0.138. The highest BCUT2D eigenvalue weighted by Crippen LogP contribution is 2.18. The fraction of sp³-hybridized carbons (Fsp3) is 0.394. The molecule has 0 bridgehead atoms. The molecule has 0 atom stereocenters. The summed E-state index contributed by atoms with van der Waals surface area (Å²) in [6, 6.07) is 27.3. The predicted octanol–water partition coefficient (Wildman–Crippen LogP) is 4.92. The molecule has 5 rings (SSSR count). The zero-order chi connectivity index (χ0) is 29.0. The van der Waals surface area contributed by atoms with Crippen LogP contribution in [0.25, 0.3) is 11.4 Å². The van der Waals surface area contributed by atoms with Crippen molar-refractivity contribution < 1.29 is 14.6 Å². The van der Waals surface area contributed by atoms with Gasteiger partial charge < -0.3 is 9.84 Å². The van der Waals surface area contributed by atoms with Crippen LogP contribution < -0.4 is 4.74 Å². The summed E-state index contributed by atoms with van der Waals surface area (Å²) in [4.78, 5) is 17.0. The van der Waals surface area contributed by atoms with Crippen molar-refractivity contribution in [2.24, 2.45) is 0 Å². The fourth-order valence-electron chi connectivity index (χ4n) is 5.28. The number of unbranched alkanes of at least 4 members (excludes halogenated alkanes) is 1. The van der Waals surface area contributed by atoms with Gasteiger partial charge >= 0.3 is 5.97 Å². The van der Waals surface area contributed by atoms with Crippen LogP contribution in [0.5, 0.6) is 5.75 Å². The number of ether oxygens (including phenoxy) is 1. The first-order valence-electron chi connectivity index (χ1n) is 14.9. The van der Waals surface area contributed by atoms with Crippen LogP contribution in [0.3, 0.4) is 0 Å². The van der Waals surface area contributed by atoms with E-state index in [1.54, 1.807) is 0 Å². The van der Waals surface area contributed by atoms with Gasteiger partial charge in [-0.05, 0) is 85.8 Å². The number of hydrogen-bond donors (Lipinski definition) is 1. The van der Waals surface area contributed by atoms with Crippen molar-refractivity contribution >= 4 is 5.97 Å². The van der Waals surface area contributed by atoms with E-state index in [9.17, 15) is 4.79 Å². The zero-order valence-corrected chi connectivity index (χ0v) is 24.1. The first-order chi connectivity index (χ1) is 20.6. The summed E-state index contributed by atoms with van der Waals surface area (Å²) in [5.41, 5.74) is 4.71. The summed E-state index contributed by atoms with van der Waals surface area (Å²) in [6.45, 7) is 6.65. The van der Waals surface area contributed by atoms with E-state index in [4.69, 9.17) is 9.84 Å². The highest BCUT2D eigenvalue weighted by molar-refractivity contribution is 5.66. The number of carboxylic acid groups (broad SMARTS) is 1. The van der Waals surface area contributed by atoms with Gasteiger partial charge in [0.15, 0.2) is 6.54 Å².